The van der Waals surface area contributed by atoms with Crippen LogP contribution in [0.25, 0.3) is 0 Å². The lowest BCUT2D eigenvalue weighted by Crippen LogP contribution is -2.15. The largest absolute Gasteiger partial charge is 0.491 e. The highest BCUT2D eigenvalue weighted by Crippen LogP contribution is 2.20. The lowest BCUT2D eigenvalue weighted by atomic mass is 10.1. The SMILES string of the molecule is CC(C)Oc1cccc(CC(C)Oc2ccc(F)c(F)c2)c1. The van der Waals surface area contributed by atoms with Crippen molar-refractivity contribution in [1.29, 1.82) is 0 Å². The van der Waals surface area contributed by atoms with Crippen molar-refractivity contribution in [2.45, 2.75) is 39.4 Å². The van der Waals surface area contributed by atoms with E-state index in [4.69, 9.17) is 9.47 Å². The van der Waals surface area contributed by atoms with E-state index in [9.17, 15) is 8.78 Å². The highest BCUT2D eigenvalue weighted by Gasteiger charge is 2.09. The Kier molecular flexibility index (Phi) is 5.36. The Hall–Kier alpha value is -2.10. The highest BCUT2D eigenvalue weighted by atomic mass is 19.2. The number of rotatable bonds is 6. The normalized spacial score (nSPS) is 12.3. The molecule has 0 aliphatic heterocycles. The Morgan fingerprint density at radius 1 is 0.864 bits per heavy atom. The molecule has 0 aliphatic rings. The minimum absolute atomic E-state index is 0.117. The summed E-state index contributed by atoms with van der Waals surface area (Å²) < 4.78 is 37.3. The van der Waals surface area contributed by atoms with E-state index in [1.165, 1.54) is 6.07 Å². The molecule has 2 aromatic carbocycles. The Bertz CT molecular complexity index is 626. The van der Waals surface area contributed by atoms with Crippen LogP contribution in [0.3, 0.4) is 0 Å². The van der Waals surface area contributed by atoms with Gasteiger partial charge in [0, 0.05) is 12.5 Å². The van der Waals surface area contributed by atoms with Gasteiger partial charge in [-0.05, 0) is 50.6 Å². The summed E-state index contributed by atoms with van der Waals surface area (Å²) in [7, 11) is 0. The van der Waals surface area contributed by atoms with E-state index in [0.29, 0.717) is 12.2 Å². The van der Waals surface area contributed by atoms with Crippen molar-refractivity contribution >= 4 is 0 Å². The molecule has 2 nitrogen and oxygen atoms in total. The van der Waals surface area contributed by atoms with Gasteiger partial charge in [-0.3, -0.25) is 0 Å². The zero-order valence-electron chi connectivity index (χ0n) is 13.0. The van der Waals surface area contributed by atoms with Crippen LogP contribution in [0, 0.1) is 11.6 Å². The first-order chi connectivity index (χ1) is 10.4. The molecule has 0 N–H and O–H groups in total. The third-order valence-corrected chi connectivity index (χ3v) is 3.02. The molecular formula is C18H20F2O2. The van der Waals surface area contributed by atoms with Crippen molar-refractivity contribution in [2.75, 3.05) is 0 Å². The fourth-order valence-electron chi connectivity index (χ4n) is 2.17. The van der Waals surface area contributed by atoms with Crippen LogP contribution in [0.5, 0.6) is 11.5 Å². The van der Waals surface area contributed by atoms with Gasteiger partial charge >= 0.3 is 0 Å². The van der Waals surface area contributed by atoms with E-state index in [2.05, 4.69) is 0 Å². The van der Waals surface area contributed by atoms with Crippen LogP contribution in [0.2, 0.25) is 0 Å². The van der Waals surface area contributed by atoms with Gasteiger partial charge in [-0.25, -0.2) is 8.78 Å². The van der Waals surface area contributed by atoms with Crippen LogP contribution in [-0.2, 0) is 6.42 Å². The fourth-order valence-corrected chi connectivity index (χ4v) is 2.17. The summed E-state index contributed by atoms with van der Waals surface area (Å²) in [5.74, 6) is -0.649. The summed E-state index contributed by atoms with van der Waals surface area (Å²) in [5.41, 5.74) is 1.06. The average Bonchev–Trinajstić information content (AvgIpc) is 2.42. The second kappa shape index (κ2) is 7.25. The first-order valence-electron chi connectivity index (χ1n) is 7.31. The van der Waals surface area contributed by atoms with Crippen molar-refractivity contribution in [1.82, 2.24) is 0 Å². The molecule has 0 bridgehead atoms. The van der Waals surface area contributed by atoms with Gasteiger partial charge < -0.3 is 9.47 Å². The molecule has 0 heterocycles. The standard InChI is InChI=1S/C18H20F2O2/c1-12(2)21-15-6-4-5-14(10-15)9-13(3)22-16-7-8-17(19)18(20)11-16/h4-8,10-13H,9H2,1-3H3. The zero-order chi connectivity index (χ0) is 16.1. The van der Waals surface area contributed by atoms with E-state index in [0.717, 1.165) is 23.4 Å². The summed E-state index contributed by atoms with van der Waals surface area (Å²) in [5, 5.41) is 0. The summed E-state index contributed by atoms with van der Waals surface area (Å²) in [4.78, 5) is 0. The smallest absolute Gasteiger partial charge is 0.162 e. The molecule has 22 heavy (non-hydrogen) atoms. The van der Waals surface area contributed by atoms with Crippen molar-refractivity contribution in [3.8, 4) is 11.5 Å². The van der Waals surface area contributed by atoms with Crippen molar-refractivity contribution in [3.63, 3.8) is 0 Å². The maximum Gasteiger partial charge on any atom is 0.162 e. The van der Waals surface area contributed by atoms with E-state index in [1.54, 1.807) is 0 Å². The van der Waals surface area contributed by atoms with Crippen LogP contribution < -0.4 is 9.47 Å². The minimum Gasteiger partial charge on any atom is -0.491 e. The molecule has 0 radical (unpaired) electrons. The van der Waals surface area contributed by atoms with E-state index in [1.807, 2.05) is 45.0 Å². The van der Waals surface area contributed by atoms with Crippen LogP contribution in [-0.4, -0.2) is 12.2 Å². The van der Waals surface area contributed by atoms with Crippen LogP contribution >= 0.6 is 0 Å². The van der Waals surface area contributed by atoms with Crippen molar-refractivity contribution in [3.05, 3.63) is 59.7 Å². The molecule has 1 atom stereocenters. The predicted molar refractivity (Wildman–Crippen MR) is 82.4 cm³/mol. The predicted octanol–water partition coefficient (Wildman–Crippen LogP) is 4.76. The molecule has 0 spiro atoms. The lowest BCUT2D eigenvalue weighted by molar-refractivity contribution is 0.220. The molecule has 2 rings (SSSR count). The molecule has 0 saturated carbocycles. The second-order valence-corrected chi connectivity index (χ2v) is 5.52. The lowest BCUT2D eigenvalue weighted by Gasteiger charge is -2.16. The van der Waals surface area contributed by atoms with Crippen molar-refractivity contribution < 1.29 is 18.3 Å². The fraction of sp³-hybridized carbons (Fsp3) is 0.333. The minimum atomic E-state index is -0.906. The molecule has 0 fully saturated rings. The van der Waals surface area contributed by atoms with Gasteiger partial charge in [-0.1, -0.05) is 12.1 Å². The van der Waals surface area contributed by atoms with Gasteiger partial charge in [0.05, 0.1) is 12.2 Å². The van der Waals surface area contributed by atoms with Gasteiger partial charge in [0.1, 0.15) is 11.5 Å². The molecule has 0 aromatic heterocycles. The van der Waals surface area contributed by atoms with Gasteiger partial charge in [0.15, 0.2) is 11.6 Å². The summed E-state index contributed by atoms with van der Waals surface area (Å²) in [6.45, 7) is 5.83. The quantitative estimate of drug-likeness (QED) is 0.766. The van der Waals surface area contributed by atoms with Gasteiger partial charge in [0.25, 0.3) is 0 Å². The first kappa shape index (κ1) is 16.3. The molecular weight excluding hydrogens is 286 g/mol. The second-order valence-electron chi connectivity index (χ2n) is 5.52. The topological polar surface area (TPSA) is 18.5 Å². The number of halogens is 2. The monoisotopic (exact) mass is 306 g/mol. The van der Waals surface area contributed by atoms with E-state index >= 15 is 0 Å². The molecule has 118 valence electrons. The van der Waals surface area contributed by atoms with Crippen LogP contribution in [0.1, 0.15) is 26.3 Å². The maximum absolute atomic E-state index is 13.2. The molecule has 0 saturated heterocycles. The van der Waals surface area contributed by atoms with Gasteiger partial charge in [-0.15, -0.1) is 0 Å². The average molecular weight is 306 g/mol. The molecule has 4 heteroatoms. The van der Waals surface area contributed by atoms with Crippen molar-refractivity contribution in [2.24, 2.45) is 0 Å². The zero-order valence-corrected chi connectivity index (χ0v) is 13.0. The van der Waals surface area contributed by atoms with Gasteiger partial charge in [-0.2, -0.15) is 0 Å². The first-order valence-corrected chi connectivity index (χ1v) is 7.31. The Morgan fingerprint density at radius 3 is 2.27 bits per heavy atom. The number of benzene rings is 2. The Balaban J connectivity index is 1.99. The highest BCUT2D eigenvalue weighted by molar-refractivity contribution is 5.29. The van der Waals surface area contributed by atoms with Gasteiger partial charge in [0.2, 0.25) is 0 Å². The van der Waals surface area contributed by atoms with Crippen LogP contribution in [0.4, 0.5) is 8.78 Å². The van der Waals surface area contributed by atoms with E-state index < -0.39 is 11.6 Å². The molecule has 0 amide bonds. The molecule has 1 unspecified atom stereocenters. The van der Waals surface area contributed by atoms with E-state index in [-0.39, 0.29) is 12.2 Å². The maximum atomic E-state index is 13.2. The molecule has 0 aliphatic carbocycles. The summed E-state index contributed by atoms with van der Waals surface area (Å²) >= 11 is 0. The number of hydrogen-bond donors (Lipinski definition) is 0. The van der Waals surface area contributed by atoms with Crippen LogP contribution in [0.15, 0.2) is 42.5 Å². The third kappa shape index (κ3) is 4.72. The third-order valence-electron chi connectivity index (χ3n) is 3.02. The summed E-state index contributed by atoms with van der Waals surface area (Å²) in [6.07, 6.45) is 0.596. The Morgan fingerprint density at radius 2 is 1.59 bits per heavy atom. The molecule has 2 aromatic rings. The number of hydrogen-bond acceptors (Lipinski definition) is 2. The Labute approximate surface area is 129 Å². The number of ether oxygens (including phenoxy) is 2. The summed E-state index contributed by atoms with van der Waals surface area (Å²) in [6, 6.07) is 11.3.